The Bertz CT molecular complexity index is 1760. The average molecular weight is 597 g/mol. The van der Waals surface area contributed by atoms with E-state index in [1.807, 2.05) is 11.0 Å². The van der Waals surface area contributed by atoms with Crippen LogP contribution in [0.5, 0.6) is 0 Å². The molecule has 4 heterocycles. The van der Waals surface area contributed by atoms with Crippen molar-refractivity contribution >= 4 is 40.4 Å². The van der Waals surface area contributed by atoms with Crippen molar-refractivity contribution in [3.63, 3.8) is 0 Å². The van der Waals surface area contributed by atoms with Gasteiger partial charge in [0.05, 0.1) is 22.7 Å². The lowest BCUT2D eigenvalue weighted by Crippen LogP contribution is -2.43. The number of nitrogens with one attached hydrogen (secondary N) is 2. The molecule has 0 saturated carbocycles. The number of aromatic nitrogens is 3. The number of amides is 2. The first-order valence-electron chi connectivity index (χ1n) is 13.1. The highest BCUT2D eigenvalue weighted by Gasteiger charge is 2.53. The Kier molecular flexibility index (Phi) is 7.52. The van der Waals surface area contributed by atoms with Crippen LogP contribution in [0.4, 0.5) is 20.4 Å². The summed E-state index contributed by atoms with van der Waals surface area (Å²) in [6, 6.07) is 17.8. The number of rotatable bonds is 5. The van der Waals surface area contributed by atoms with Crippen molar-refractivity contribution in [2.45, 2.75) is 4.75 Å². The first-order valence-corrected chi connectivity index (χ1v) is 14.0. The number of nitrogens with zero attached hydrogens (tertiary/aromatic N) is 6. The predicted octanol–water partition coefficient (Wildman–Crippen LogP) is 4.14. The molecular weight excluding hydrogens is 574 g/mol. The van der Waals surface area contributed by atoms with Crippen molar-refractivity contribution in [2.75, 3.05) is 29.9 Å². The number of fused-ring (bicyclic) bond motifs is 1. The smallest absolute Gasteiger partial charge is 0.274 e. The van der Waals surface area contributed by atoms with Crippen LogP contribution < -0.4 is 15.5 Å². The first-order chi connectivity index (χ1) is 20.8. The highest BCUT2D eigenvalue weighted by Crippen LogP contribution is 2.52. The van der Waals surface area contributed by atoms with Crippen molar-refractivity contribution in [1.29, 1.82) is 5.26 Å². The molecule has 1 saturated heterocycles. The van der Waals surface area contributed by atoms with Gasteiger partial charge in [-0.05, 0) is 42.5 Å². The number of benzene rings is 2. The van der Waals surface area contributed by atoms with Crippen LogP contribution in [0.3, 0.4) is 0 Å². The molecule has 2 aromatic heterocycles. The minimum Gasteiger partial charge on any atom is -0.339 e. The summed E-state index contributed by atoms with van der Waals surface area (Å²) < 4.78 is 28.4. The number of halogens is 2. The number of carbonyl (C=O) groups is 2. The van der Waals surface area contributed by atoms with Crippen LogP contribution >= 0.6 is 11.8 Å². The van der Waals surface area contributed by atoms with E-state index in [9.17, 15) is 14.0 Å². The molecule has 13 heteroatoms. The summed E-state index contributed by atoms with van der Waals surface area (Å²) in [6.45, 7) is 0.882. The number of hydrogen-bond donors (Lipinski definition) is 2. The summed E-state index contributed by atoms with van der Waals surface area (Å²) in [4.78, 5) is 44.6. The van der Waals surface area contributed by atoms with Crippen molar-refractivity contribution in [3.05, 3.63) is 113 Å². The molecule has 2 amide bonds. The topological polar surface area (TPSA) is 136 Å². The van der Waals surface area contributed by atoms with Crippen molar-refractivity contribution in [2.24, 2.45) is 10.9 Å². The number of amidine groups is 1. The number of anilines is 2. The van der Waals surface area contributed by atoms with Crippen molar-refractivity contribution < 1.29 is 18.4 Å². The molecule has 0 aliphatic carbocycles. The van der Waals surface area contributed by atoms with Crippen LogP contribution in [-0.4, -0.2) is 51.6 Å². The molecule has 2 aromatic carbocycles. The molecule has 214 valence electrons. The SMILES string of the molecule is N#Cc1ccc(C(=O)Nc2ccc(F)c([C@]34CN(c5ncc(F)cn5)C[C@@H]3CN=C(NC(=O)c3ccccc3)S4)c2)nc1. The summed E-state index contributed by atoms with van der Waals surface area (Å²) in [5, 5.41) is 14.9. The van der Waals surface area contributed by atoms with Crippen molar-refractivity contribution in [3.8, 4) is 6.07 Å². The summed E-state index contributed by atoms with van der Waals surface area (Å²) in [5.74, 6) is -1.94. The van der Waals surface area contributed by atoms with Gasteiger partial charge in [0.2, 0.25) is 5.95 Å². The fourth-order valence-corrected chi connectivity index (χ4v) is 6.56. The molecule has 0 radical (unpaired) electrons. The van der Waals surface area contributed by atoms with Gasteiger partial charge in [-0.2, -0.15) is 5.26 Å². The Hall–Kier alpha value is -5.22. The summed E-state index contributed by atoms with van der Waals surface area (Å²) >= 11 is 1.22. The molecule has 43 heavy (non-hydrogen) atoms. The number of pyridine rings is 1. The van der Waals surface area contributed by atoms with Gasteiger partial charge in [0.1, 0.15) is 17.6 Å². The van der Waals surface area contributed by atoms with Gasteiger partial charge in [-0.25, -0.2) is 23.7 Å². The molecule has 1 fully saturated rings. The Balaban J connectivity index is 1.33. The molecule has 6 rings (SSSR count). The third kappa shape index (κ3) is 5.64. The standard InChI is InChI=1S/C30H22F2N8O2S/c31-21-14-35-28(36-15-21)40-16-20-13-37-29(39-26(41)19-4-2-1-3-5-19)43-30(20,17-40)23-10-22(7-8-24(23)32)38-27(42)25-9-6-18(11-33)12-34-25/h1-10,12,14-15,20H,13,16-17H2,(H,38,42)(H,37,39,41)/t20-,30-/m0/s1. The maximum Gasteiger partial charge on any atom is 0.274 e. The third-order valence-corrected chi connectivity index (χ3v) is 8.68. The fraction of sp³-hybridized carbons (Fsp3) is 0.167. The lowest BCUT2D eigenvalue weighted by molar-refractivity contribution is 0.0976. The van der Waals surface area contributed by atoms with E-state index in [0.29, 0.717) is 34.1 Å². The largest absolute Gasteiger partial charge is 0.339 e. The number of hydrogen-bond acceptors (Lipinski definition) is 9. The van der Waals surface area contributed by atoms with Gasteiger partial charge in [0, 0.05) is 48.6 Å². The van der Waals surface area contributed by atoms with E-state index in [1.54, 1.807) is 36.4 Å². The zero-order chi connectivity index (χ0) is 30.0. The summed E-state index contributed by atoms with van der Waals surface area (Å²) in [5.41, 5.74) is 1.47. The second-order valence-electron chi connectivity index (χ2n) is 9.93. The van der Waals surface area contributed by atoms with E-state index in [1.165, 1.54) is 42.2 Å². The van der Waals surface area contributed by atoms with Crippen molar-refractivity contribution in [1.82, 2.24) is 20.3 Å². The van der Waals surface area contributed by atoms with E-state index < -0.39 is 22.3 Å². The van der Waals surface area contributed by atoms with Gasteiger partial charge >= 0.3 is 0 Å². The minimum absolute atomic E-state index is 0.0894. The maximum absolute atomic E-state index is 15.8. The molecular formula is C30H22F2N8O2S. The molecule has 2 aliphatic heterocycles. The molecule has 2 N–H and O–H groups in total. The maximum atomic E-state index is 15.8. The van der Waals surface area contributed by atoms with Crippen LogP contribution in [0, 0.1) is 28.9 Å². The molecule has 0 bridgehead atoms. The second kappa shape index (κ2) is 11.6. The van der Waals surface area contributed by atoms with Crippen LogP contribution in [-0.2, 0) is 4.75 Å². The lowest BCUT2D eigenvalue weighted by atomic mass is 9.87. The zero-order valence-electron chi connectivity index (χ0n) is 22.4. The molecule has 4 aromatic rings. The van der Waals surface area contributed by atoms with Crippen LogP contribution in [0.15, 0.2) is 84.2 Å². The van der Waals surface area contributed by atoms with Crippen LogP contribution in [0.1, 0.15) is 32.0 Å². The quantitative estimate of drug-likeness (QED) is 0.351. The lowest BCUT2D eigenvalue weighted by Gasteiger charge is -2.37. The average Bonchev–Trinajstić information content (AvgIpc) is 3.42. The van der Waals surface area contributed by atoms with E-state index in [2.05, 4.69) is 30.6 Å². The summed E-state index contributed by atoms with van der Waals surface area (Å²) in [7, 11) is 0. The van der Waals surface area contributed by atoms with Gasteiger partial charge in [-0.15, -0.1) is 0 Å². The van der Waals surface area contributed by atoms with E-state index in [4.69, 9.17) is 5.26 Å². The summed E-state index contributed by atoms with van der Waals surface area (Å²) in [6.07, 6.45) is 3.43. The van der Waals surface area contributed by atoms with E-state index in [0.717, 1.165) is 12.4 Å². The Labute approximate surface area is 248 Å². The number of thioether (sulfide) groups is 1. The zero-order valence-corrected chi connectivity index (χ0v) is 23.2. The van der Waals surface area contributed by atoms with Gasteiger partial charge in [0.15, 0.2) is 11.0 Å². The van der Waals surface area contributed by atoms with Gasteiger partial charge < -0.3 is 15.5 Å². The van der Waals surface area contributed by atoms with Gasteiger partial charge in [-0.3, -0.25) is 14.6 Å². The van der Waals surface area contributed by atoms with E-state index in [-0.39, 0.29) is 36.6 Å². The normalized spacial score (nSPS) is 19.1. The minimum atomic E-state index is -0.976. The highest BCUT2D eigenvalue weighted by atomic mass is 32.2. The predicted molar refractivity (Wildman–Crippen MR) is 156 cm³/mol. The number of aliphatic imine (C=N–C) groups is 1. The molecule has 2 aliphatic rings. The third-order valence-electron chi connectivity index (χ3n) is 7.21. The first kappa shape index (κ1) is 27.9. The Morgan fingerprint density at radius 1 is 0.977 bits per heavy atom. The van der Waals surface area contributed by atoms with Gasteiger partial charge in [0.25, 0.3) is 11.8 Å². The Morgan fingerprint density at radius 2 is 1.77 bits per heavy atom. The highest BCUT2D eigenvalue weighted by molar-refractivity contribution is 8.14. The molecule has 2 atom stereocenters. The van der Waals surface area contributed by atoms with Crippen LogP contribution in [0.2, 0.25) is 0 Å². The van der Waals surface area contributed by atoms with Gasteiger partial charge in [-0.1, -0.05) is 30.0 Å². The molecule has 10 nitrogen and oxygen atoms in total. The van der Waals surface area contributed by atoms with Crippen LogP contribution in [0.25, 0.3) is 0 Å². The fourth-order valence-electron chi connectivity index (χ4n) is 5.13. The monoisotopic (exact) mass is 596 g/mol. The van der Waals surface area contributed by atoms with E-state index >= 15 is 4.39 Å². The Morgan fingerprint density at radius 3 is 2.49 bits per heavy atom. The molecule has 0 spiro atoms. The second-order valence-corrected chi connectivity index (χ2v) is 11.2. The number of nitriles is 1. The number of carbonyl (C=O) groups excluding carboxylic acids is 2. The molecule has 0 unspecified atom stereocenters.